The number of methoxy groups -OCH3 is 1. The summed E-state index contributed by atoms with van der Waals surface area (Å²) in [5.74, 6) is -0.502. The molecule has 5 nitrogen and oxygen atoms in total. The number of nitro groups is 1. The molecule has 1 aromatic rings. The van der Waals surface area contributed by atoms with Crippen molar-refractivity contribution in [2.45, 2.75) is 0 Å². The van der Waals surface area contributed by atoms with E-state index in [1.165, 1.54) is 12.3 Å². The van der Waals surface area contributed by atoms with Crippen LogP contribution in [0.5, 0.6) is 5.88 Å². The van der Waals surface area contributed by atoms with Gasteiger partial charge < -0.3 is 4.74 Å². The second kappa shape index (κ2) is 2.96. The van der Waals surface area contributed by atoms with Crippen molar-refractivity contribution in [3.8, 4) is 5.88 Å². The lowest BCUT2D eigenvalue weighted by atomic mass is 10.4. The van der Waals surface area contributed by atoms with Crippen LogP contribution in [0.3, 0.4) is 0 Å². The Bertz CT molecular complexity index is 352. The minimum absolute atomic E-state index is 0.469. The molecule has 0 fully saturated rings. The van der Waals surface area contributed by atoms with E-state index in [4.69, 9.17) is 4.11 Å². The normalized spacial score (nSPS) is 14.4. The quantitative estimate of drug-likeness (QED) is 0.474. The predicted octanol–water partition coefficient (Wildman–Crippen LogP) is 0.998. The van der Waals surface area contributed by atoms with E-state index in [1.54, 1.807) is 0 Å². The summed E-state index contributed by atoms with van der Waals surface area (Å²) in [6, 6.07) is 2.44. The molecule has 0 aliphatic rings. The Morgan fingerprint density at radius 3 is 3.36 bits per heavy atom. The molecule has 0 aliphatic heterocycles. The third-order valence-corrected chi connectivity index (χ3v) is 1.04. The van der Waals surface area contributed by atoms with Crippen molar-refractivity contribution in [3.63, 3.8) is 0 Å². The molecule has 0 aliphatic carbocycles. The maximum Gasteiger partial charge on any atom is 0.330 e. The Kier molecular flexibility index (Phi) is 1.15. The molecule has 5 heteroatoms. The van der Waals surface area contributed by atoms with Gasteiger partial charge in [-0.15, -0.1) is 0 Å². The first-order chi connectivity index (χ1) is 6.40. The molecule has 0 bridgehead atoms. The van der Waals surface area contributed by atoms with Gasteiger partial charge in [0.05, 0.1) is 16.1 Å². The molecule has 0 spiro atoms. The summed E-state index contributed by atoms with van der Waals surface area (Å²) in [5, 5.41) is 10.4. The van der Waals surface area contributed by atoms with E-state index >= 15 is 0 Å². The Hall–Kier alpha value is -1.65. The van der Waals surface area contributed by atoms with Crippen LogP contribution >= 0.6 is 0 Å². The minimum Gasteiger partial charge on any atom is -0.476 e. The highest BCUT2D eigenvalue weighted by Gasteiger charge is 2.13. The molecule has 0 saturated heterocycles. The molecule has 1 rings (SSSR count). The summed E-state index contributed by atoms with van der Waals surface area (Å²) in [6.07, 6.45) is 1.22. The van der Waals surface area contributed by atoms with Gasteiger partial charge in [-0.2, -0.15) is 0 Å². The Morgan fingerprint density at radius 1 is 1.91 bits per heavy atom. The molecule has 58 valence electrons. The number of aromatic nitrogens is 1. The van der Waals surface area contributed by atoms with E-state index in [2.05, 4.69) is 9.72 Å². The van der Waals surface area contributed by atoms with Crippen LogP contribution in [0.25, 0.3) is 0 Å². The molecule has 0 radical (unpaired) electrons. The third-order valence-electron chi connectivity index (χ3n) is 1.04. The maximum atomic E-state index is 10.4. The number of nitrogens with zero attached hydrogens (tertiary/aromatic N) is 2. The van der Waals surface area contributed by atoms with Gasteiger partial charge in [-0.3, -0.25) is 10.1 Å². The Labute approximate surface area is 67.0 Å². The Balaban J connectivity index is 3.02. The first kappa shape index (κ1) is 4.27. The molecule has 0 aromatic carbocycles. The van der Waals surface area contributed by atoms with Crippen molar-refractivity contribution in [2.75, 3.05) is 7.04 Å². The summed E-state index contributed by atoms with van der Waals surface area (Å²) in [4.78, 5) is 13.1. The molecule has 0 amide bonds. The van der Waals surface area contributed by atoms with Crippen LogP contribution < -0.4 is 4.74 Å². The first-order valence-corrected chi connectivity index (χ1v) is 2.68. The minimum atomic E-state index is -2.74. The van der Waals surface area contributed by atoms with E-state index in [0.717, 1.165) is 6.07 Å². The van der Waals surface area contributed by atoms with Crippen molar-refractivity contribution in [1.29, 1.82) is 0 Å². The zero-order chi connectivity index (χ0) is 10.8. The van der Waals surface area contributed by atoms with E-state index in [9.17, 15) is 10.1 Å². The summed E-state index contributed by atoms with van der Waals surface area (Å²) >= 11 is 0. The van der Waals surface area contributed by atoms with Gasteiger partial charge in [-0.1, -0.05) is 0 Å². The van der Waals surface area contributed by atoms with Crippen LogP contribution in [0.1, 0.15) is 4.11 Å². The highest BCUT2D eigenvalue weighted by molar-refractivity contribution is 5.39. The van der Waals surface area contributed by atoms with Gasteiger partial charge in [-0.05, 0) is 6.07 Å². The molecular weight excluding hydrogens is 148 g/mol. The third kappa shape index (κ3) is 1.43. The number of ether oxygens (including phenoxy) is 1. The monoisotopic (exact) mass is 157 g/mol. The lowest BCUT2D eigenvalue weighted by molar-refractivity contribution is -0.386. The van der Waals surface area contributed by atoms with Gasteiger partial charge in [-0.25, -0.2) is 4.98 Å². The van der Waals surface area contributed by atoms with E-state index in [1.807, 2.05) is 0 Å². The van der Waals surface area contributed by atoms with Gasteiger partial charge in [0.2, 0.25) is 0 Å². The molecule has 1 aromatic heterocycles. The number of rotatable bonds is 2. The Morgan fingerprint density at radius 2 is 2.73 bits per heavy atom. The average Bonchev–Trinajstić information content (AvgIpc) is 2.01. The van der Waals surface area contributed by atoms with Crippen molar-refractivity contribution < 1.29 is 13.8 Å². The average molecular weight is 157 g/mol. The number of pyridine rings is 1. The zero-order valence-corrected chi connectivity index (χ0v) is 5.35. The van der Waals surface area contributed by atoms with E-state index < -0.39 is 23.5 Å². The van der Waals surface area contributed by atoms with Gasteiger partial charge in [0.25, 0.3) is 5.88 Å². The summed E-state index contributed by atoms with van der Waals surface area (Å²) < 4.78 is 24.6. The summed E-state index contributed by atoms with van der Waals surface area (Å²) in [6.45, 7) is 0. The molecular formula is C6H6N2O3. The van der Waals surface area contributed by atoms with Crippen molar-refractivity contribution in [2.24, 2.45) is 0 Å². The number of hydrogen-bond donors (Lipinski definition) is 0. The van der Waals surface area contributed by atoms with Crippen LogP contribution in [-0.4, -0.2) is 16.9 Å². The summed E-state index contributed by atoms with van der Waals surface area (Å²) in [5.41, 5.74) is -0.469. The largest absolute Gasteiger partial charge is 0.476 e. The lowest BCUT2D eigenvalue weighted by Gasteiger charge is -1.96. The van der Waals surface area contributed by atoms with Crippen LogP contribution in [0.4, 0.5) is 5.69 Å². The van der Waals surface area contributed by atoms with Crippen LogP contribution in [-0.2, 0) is 0 Å². The molecule has 0 atom stereocenters. The lowest BCUT2D eigenvalue weighted by Crippen LogP contribution is -1.94. The van der Waals surface area contributed by atoms with Crippen molar-refractivity contribution >= 4 is 5.69 Å². The molecule has 11 heavy (non-hydrogen) atoms. The van der Waals surface area contributed by atoms with Crippen molar-refractivity contribution in [1.82, 2.24) is 4.98 Å². The fraction of sp³-hybridized carbons (Fsp3) is 0.167. The van der Waals surface area contributed by atoms with Crippen molar-refractivity contribution in [3.05, 3.63) is 28.4 Å². The predicted molar refractivity (Wildman–Crippen MR) is 37.4 cm³/mol. The topological polar surface area (TPSA) is 65.3 Å². The van der Waals surface area contributed by atoms with Crippen LogP contribution in [0.15, 0.2) is 18.3 Å². The highest BCUT2D eigenvalue weighted by atomic mass is 16.6. The van der Waals surface area contributed by atoms with E-state index in [0.29, 0.717) is 0 Å². The van der Waals surface area contributed by atoms with Gasteiger partial charge in [0, 0.05) is 12.3 Å². The fourth-order valence-electron chi connectivity index (χ4n) is 0.600. The van der Waals surface area contributed by atoms with Gasteiger partial charge in [0.15, 0.2) is 0 Å². The summed E-state index contributed by atoms with van der Waals surface area (Å²) in [7, 11) is -2.74. The van der Waals surface area contributed by atoms with Gasteiger partial charge in [0.1, 0.15) is 0 Å². The zero-order valence-electron chi connectivity index (χ0n) is 8.35. The fourth-order valence-corrected chi connectivity index (χ4v) is 0.600. The maximum absolute atomic E-state index is 10.4. The standard InChI is InChI=1S/C6H6N2O3/c1-11-6-5(8(9)10)3-2-4-7-6/h2-4H,1H3/i1D3. The second-order valence-corrected chi connectivity index (χ2v) is 1.69. The van der Waals surface area contributed by atoms with E-state index in [-0.39, 0.29) is 0 Å². The highest BCUT2D eigenvalue weighted by Crippen LogP contribution is 2.21. The first-order valence-electron chi connectivity index (χ1n) is 4.18. The smallest absolute Gasteiger partial charge is 0.330 e. The molecule has 0 unspecified atom stereocenters. The second-order valence-electron chi connectivity index (χ2n) is 1.69. The molecule has 1 heterocycles. The van der Waals surface area contributed by atoms with Crippen LogP contribution in [0.2, 0.25) is 0 Å². The molecule has 0 saturated carbocycles. The van der Waals surface area contributed by atoms with Gasteiger partial charge >= 0.3 is 5.69 Å². The number of hydrogen-bond acceptors (Lipinski definition) is 4. The SMILES string of the molecule is [2H]C([2H])([2H])Oc1ncccc1[N+](=O)[O-]. The molecule has 0 N–H and O–H groups in total. The van der Waals surface area contributed by atoms with Crippen LogP contribution in [0, 0.1) is 10.1 Å².